The molecule has 17 heavy (non-hydrogen) atoms. The molecule has 2 aromatic rings. The van der Waals surface area contributed by atoms with Crippen LogP contribution in [-0.2, 0) is 13.5 Å². The minimum Gasteiger partial charge on any atom is -0.338 e. The molecule has 0 bridgehead atoms. The van der Waals surface area contributed by atoms with Gasteiger partial charge in [0.2, 0.25) is 0 Å². The largest absolute Gasteiger partial charge is 0.338 e. The molecular formula is C12H13Cl2N3. The summed E-state index contributed by atoms with van der Waals surface area (Å²) in [4.78, 5) is 4.24. The molecule has 0 aliphatic carbocycles. The lowest BCUT2D eigenvalue weighted by Crippen LogP contribution is -2.15. The van der Waals surface area contributed by atoms with Gasteiger partial charge < -0.3 is 10.3 Å². The summed E-state index contributed by atoms with van der Waals surface area (Å²) in [7, 11) is 1.94. The maximum Gasteiger partial charge on any atom is 0.110 e. The van der Waals surface area contributed by atoms with Gasteiger partial charge in [0.1, 0.15) is 5.82 Å². The van der Waals surface area contributed by atoms with Crippen molar-refractivity contribution in [2.75, 3.05) is 0 Å². The van der Waals surface area contributed by atoms with Crippen molar-refractivity contribution >= 4 is 23.2 Å². The van der Waals surface area contributed by atoms with Gasteiger partial charge in [0.15, 0.2) is 0 Å². The minimum absolute atomic E-state index is 0.160. The number of hydrogen-bond donors (Lipinski definition) is 1. The third-order valence-electron chi connectivity index (χ3n) is 2.64. The van der Waals surface area contributed by atoms with E-state index in [1.165, 1.54) is 0 Å². The van der Waals surface area contributed by atoms with Crippen LogP contribution in [0.15, 0.2) is 30.6 Å². The first-order chi connectivity index (χ1) is 8.06. The highest BCUT2D eigenvalue weighted by molar-refractivity contribution is 6.34. The van der Waals surface area contributed by atoms with Crippen molar-refractivity contribution < 1.29 is 0 Å². The molecule has 1 atom stereocenters. The van der Waals surface area contributed by atoms with Crippen LogP contribution < -0.4 is 5.73 Å². The molecule has 1 heterocycles. The lowest BCUT2D eigenvalue weighted by Gasteiger charge is -2.12. The number of halogens is 2. The van der Waals surface area contributed by atoms with Gasteiger partial charge in [0, 0.05) is 41.9 Å². The summed E-state index contributed by atoms with van der Waals surface area (Å²) in [5.41, 5.74) is 7.04. The predicted octanol–water partition coefficient (Wildman–Crippen LogP) is 2.97. The molecule has 1 aromatic carbocycles. The normalized spacial score (nSPS) is 12.7. The van der Waals surface area contributed by atoms with Crippen LogP contribution >= 0.6 is 23.2 Å². The molecule has 0 spiro atoms. The van der Waals surface area contributed by atoms with E-state index in [4.69, 9.17) is 28.9 Å². The highest BCUT2D eigenvalue weighted by Gasteiger charge is 2.11. The number of nitrogens with two attached hydrogens (primary N) is 1. The molecule has 3 nitrogen and oxygen atoms in total. The highest BCUT2D eigenvalue weighted by Crippen LogP contribution is 2.24. The quantitative estimate of drug-likeness (QED) is 0.931. The molecule has 1 aromatic heterocycles. The van der Waals surface area contributed by atoms with Crippen LogP contribution in [0, 0.1) is 0 Å². The van der Waals surface area contributed by atoms with E-state index < -0.39 is 0 Å². The van der Waals surface area contributed by atoms with Gasteiger partial charge in [-0.1, -0.05) is 23.2 Å². The average molecular weight is 270 g/mol. The zero-order valence-corrected chi connectivity index (χ0v) is 10.9. The average Bonchev–Trinajstić information content (AvgIpc) is 2.63. The SMILES string of the molecule is Cn1ccnc1CC(N)c1cc(Cl)cc(Cl)c1. The molecule has 0 radical (unpaired) electrons. The Morgan fingerprint density at radius 1 is 1.29 bits per heavy atom. The van der Waals surface area contributed by atoms with E-state index in [2.05, 4.69) is 4.98 Å². The molecule has 2 N–H and O–H groups in total. The lowest BCUT2D eigenvalue weighted by atomic mass is 10.0. The Kier molecular flexibility index (Phi) is 3.72. The van der Waals surface area contributed by atoms with Gasteiger partial charge in [-0.05, 0) is 23.8 Å². The maximum absolute atomic E-state index is 6.12. The van der Waals surface area contributed by atoms with Crippen molar-refractivity contribution in [3.05, 3.63) is 52.0 Å². The molecule has 1 unspecified atom stereocenters. The Morgan fingerprint density at radius 2 is 1.94 bits per heavy atom. The molecule has 0 amide bonds. The first kappa shape index (κ1) is 12.4. The first-order valence-corrected chi connectivity index (χ1v) is 5.99. The van der Waals surface area contributed by atoms with Crippen molar-refractivity contribution in [3.63, 3.8) is 0 Å². The monoisotopic (exact) mass is 269 g/mol. The Bertz CT molecular complexity index is 502. The van der Waals surface area contributed by atoms with Crippen molar-refractivity contribution in [2.24, 2.45) is 12.8 Å². The molecule has 0 aliphatic rings. The fourth-order valence-electron chi connectivity index (χ4n) is 1.70. The second-order valence-electron chi connectivity index (χ2n) is 3.97. The van der Waals surface area contributed by atoms with E-state index >= 15 is 0 Å². The Hall–Kier alpha value is -1.03. The highest BCUT2D eigenvalue weighted by atomic mass is 35.5. The maximum atomic E-state index is 6.12. The first-order valence-electron chi connectivity index (χ1n) is 5.24. The van der Waals surface area contributed by atoms with E-state index in [-0.39, 0.29) is 6.04 Å². The molecule has 0 aliphatic heterocycles. The van der Waals surface area contributed by atoms with E-state index in [0.29, 0.717) is 16.5 Å². The van der Waals surface area contributed by atoms with Gasteiger partial charge >= 0.3 is 0 Å². The molecule has 0 fully saturated rings. The van der Waals surface area contributed by atoms with Crippen LogP contribution in [0.25, 0.3) is 0 Å². The number of benzene rings is 1. The summed E-state index contributed by atoms with van der Waals surface area (Å²) < 4.78 is 1.95. The summed E-state index contributed by atoms with van der Waals surface area (Å²) in [6.07, 6.45) is 4.31. The fourth-order valence-corrected chi connectivity index (χ4v) is 2.24. The smallest absolute Gasteiger partial charge is 0.110 e. The van der Waals surface area contributed by atoms with Crippen LogP contribution in [0.1, 0.15) is 17.4 Å². The van der Waals surface area contributed by atoms with Crippen molar-refractivity contribution in [3.8, 4) is 0 Å². The van der Waals surface area contributed by atoms with Gasteiger partial charge in [0.05, 0.1) is 0 Å². The van der Waals surface area contributed by atoms with Crippen molar-refractivity contribution in [2.45, 2.75) is 12.5 Å². The Balaban J connectivity index is 2.20. The second-order valence-corrected chi connectivity index (χ2v) is 4.84. The second kappa shape index (κ2) is 5.08. The van der Waals surface area contributed by atoms with E-state index in [0.717, 1.165) is 11.4 Å². The molecule has 0 saturated heterocycles. The van der Waals surface area contributed by atoms with Gasteiger partial charge in [-0.2, -0.15) is 0 Å². The summed E-state index contributed by atoms with van der Waals surface area (Å²) in [6, 6.07) is 5.20. The number of imidazole rings is 1. The van der Waals surface area contributed by atoms with Crippen LogP contribution in [-0.4, -0.2) is 9.55 Å². The van der Waals surface area contributed by atoms with E-state index in [1.54, 1.807) is 12.3 Å². The van der Waals surface area contributed by atoms with Gasteiger partial charge in [0.25, 0.3) is 0 Å². The van der Waals surface area contributed by atoms with Crippen LogP contribution in [0.3, 0.4) is 0 Å². The van der Waals surface area contributed by atoms with Crippen LogP contribution in [0.2, 0.25) is 10.0 Å². The van der Waals surface area contributed by atoms with Gasteiger partial charge in [-0.3, -0.25) is 0 Å². The number of hydrogen-bond acceptors (Lipinski definition) is 2. The van der Waals surface area contributed by atoms with Gasteiger partial charge in [-0.15, -0.1) is 0 Å². The molecule has 2 rings (SSSR count). The summed E-state index contributed by atoms with van der Waals surface area (Å²) in [5.74, 6) is 0.939. The fraction of sp³-hybridized carbons (Fsp3) is 0.250. The third kappa shape index (κ3) is 3.00. The predicted molar refractivity (Wildman–Crippen MR) is 70.3 cm³/mol. The van der Waals surface area contributed by atoms with E-state index in [9.17, 15) is 0 Å². The standard InChI is InChI=1S/C12H13Cl2N3/c1-17-3-2-16-12(17)7-11(15)8-4-9(13)6-10(14)5-8/h2-6,11H,7,15H2,1H3. The summed E-state index contributed by atoms with van der Waals surface area (Å²) in [5, 5.41) is 1.20. The summed E-state index contributed by atoms with van der Waals surface area (Å²) in [6.45, 7) is 0. The zero-order valence-electron chi connectivity index (χ0n) is 9.40. The topological polar surface area (TPSA) is 43.8 Å². The Labute approximate surface area is 110 Å². The minimum atomic E-state index is -0.160. The van der Waals surface area contributed by atoms with Crippen LogP contribution in [0.4, 0.5) is 0 Å². The molecule has 90 valence electrons. The molecule has 0 saturated carbocycles. The molecular weight excluding hydrogens is 257 g/mol. The van der Waals surface area contributed by atoms with E-state index in [1.807, 2.05) is 29.9 Å². The lowest BCUT2D eigenvalue weighted by molar-refractivity contribution is 0.660. The number of rotatable bonds is 3. The van der Waals surface area contributed by atoms with Gasteiger partial charge in [-0.25, -0.2) is 4.98 Å². The third-order valence-corrected chi connectivity index (χ3v) is 3.07. The van der Waals surface area contributed by atoms with Crippen LogP contribution in [0.5, 0.6) is 0 Å². The van der Waals surface area contributed by atoms with Crippen molar-refractivity contribution in [1.29, 1.82) is 0 Å². The Morgan fingerprint density at radius 3 is 2.47 bits per heavy atom. The molecule has 5 heteroatoms. The number of aryl methyl sites for hydroxylation is 1. The number of nitrogens with zero attached hydrogens (tertiary/aromatic N) is 2. The van der Waals surface area contributed by atoms with Crippen molar-refractivity contribution in [1.82, 2.24) is 9.55 Å². The number of aromatic nitrogens is 2. The zero-order chi connectivity index (χ0) is 12.4. The summed E-state index contributed by atoms with van der Waals surface area (Å²) >= 11 is 11.9.